The van der Waals surface area contributed by atoms with E-state index in [9.17, 15) is 19.5 Å². The molecule has 1 atom stereocenters. The molecule has 0 aromatic heterocycles. The van der Waals surface area contributed by atoms with E-state index in [2.05, 4.69) is 6.92 Å². The van der Waals surface area contributed by atoms with Crippen LogP contribution in [0.4, 0.5) is 0 Å². The zero-order chi connectivity index (χ0) is 27.7. The van der Waals surface area contributed by atoms with E-state index in [-0.39, 0.29) is 28.8 Å². The van der Waals surface area contributed by atoms with E-state index in [1.807, 2.05) is 6.07 Å². The number of hydrogen-bond donors (Lipinski definition) is 1. The number of fused-ring (bicyclic) bond motifs is 1. The highest BCUT2D eigenvalue weighted by Gasteiger charge is 2.32. The summed E-state index contributed by atoms with van der Waals surface area (Å²) >= 11 is 0. The summed E-state index contributed by atoms with van der Waals surface area (Å²) in [5, 5.41) is 9.93. The standard InChI is InChI=1S/C30H38O8/c1-5-10-24-28-21(11-14-27(38-28)30(34)35-6-2)17-25(20(4)32)29(24)37-16-9-7-8-15-36-22-12-13-23(19(3)31)26(33)18-22/h12-13,17-18,27,33H,5-11,14-16H2,1-4H3. The molecule has 8 heteroatoms. The van der Waals surface area contributed by atoms with Gasteiger partial charge in [0.2, 0.25) is 0 Å². The number of carbonyl (C=O) groups is 3. The van der Waals surface area contributed by atoms with Crippen LogP contribution in [0.3, 0.4) is 0 Å². The number of aromatic hydroxyl groups is 1. The maximum absolute atomic E-state index is 12.5. The zero-order valence-electron chi connectivity index (χ0n) is 22.8. The van der Waals surface area contributed by atoms with Gasteiger partial charge in [-0.05, 0) is 83.1 Å². The second kappa shape index (κ2) is 13.8. The third kappa shape index (κ3) is 7.27. The number of aryl methyl sites for hydroxylation is 1. The molecule has 1 aliphatic heterocycles. The van der Waals surface area contributed by atoms with Crippen molar-refractivity contribution in [2.24, 2.45) is 0 Å². The smallest absolute Gasteiger partial charge is 0.347 e. The lowest BCUT2D eigenvalue weighted by Crippen LogP contribution is -2.33. The van der Waals surface area contributed by atoms with Crippen LogP contribution in [0.2, 0.25) is 0 Å². The van der Waals surface area contributed by atoms with Gasteiger partial charge in [0, 0.05) is 11.6 Å². The van der Waals surface area contributed by atoms with E-state index >= 15 is 0 Å². The average Bonchev–Trinajstić information content (AvgIpc) is 2.88. The molecule has 206 valence electrons. The van der Waals surface area contributed by atoms with E-state index in [1.165, 1.54) is 19.9 Å². The van der Waals surface area contributed by atoms with Crippen molar-refractivity contribution in [1.29, 1.82) is 0 Å². The Bertz CT molecular complexity index is 1150. The lowest BCUT2D eigenvalue weighted by atomic mass is 9.92. The number of phenols is 1. The Morgan fingerprint density at radius 3 is 2.32 bits per heavy atom. The number of ketones is 2. The van der Waals surface area contributed by atoms with Crippen molar-refractivity contribution < 1.29 is 38.4 Å². The SMILES string of the molecule is CCCc1c2c(cc(C(C)=O)c1OCCCCCOc1ccc(C(C)=O)c(O)c1)CCC(C(=O)OCC)O2. The van der Waals surface area contributed by atoms with Crippen LogP contribution in [0.5, 0.6) is 23.0 Å². The van der Waals surface area contributed by atoms with Crippen LogP contribution in [0.25, 0.3) is 0 Å². The minimum atomic E-state index is -0.658. The monoisotopic (exact) mass is 526 g/mol. The molecule has 2 aromatic carbocycles. The number of unbranched alkanes of at least 4 members (excludes halogenated alkanes) is 2. The summed E-state index contributed by atoms with van der Waals surface area (Å²) in [4.78, 5) is 36.3. The summed E-state index contributed by atoms with van der Waals surface area (Å²) in [6.07, 6.45) is 4.34. The van der Waals surface area contributed by atoms with Crippen LogP contribution >= 0.6 is 0 Å². The fourth-order valence-electron chi connectivity index (χ4n) is 4.53. The molecule has 1 heterocycles. The predicted octanol–water partition coefficient (Wildman–Crippen LogP) is 5.63. The van der Waals surface area contributed by atoms with E-state index in [0.717, 1.165) is 36.8 Å². The van der Waals surface area contributed by atoms with Gasteiger partial charge in [-0.3, -0.25) is 9.59 Å². The van der Waals surface area contributed by atoms with Gasteiger partial charge in [0.15, 0.2) is 17.7 Å². The maximum atomic E-state index is 12.5. The molecule has 1 unspecified atom stereocenters. The molecule has 0 saturated heterocycles. The molecule has 0 spiro atoms. The summed E-state index contributed by atoms with van der Waals surface area (Å²) in [7, 11) is 0. The Labute approximate surface area is 224 Å². The lowest BCUT2D eigenvalue weighted by molar-refractivity contribution is -0.152. The number of ether oxygens (including phenoxy) is 4. The molecule has 1 aliphatic rings. The molecular weight excluding hydrogens is 488 g/mol. The predicted molar refractivity (Wildman–Crippen MR) is 143 cm³/mol. The summed E-state index contributed by atoms with van der Waals surface area (Å²) < 4.78 is 23.2. The van der Waals surface area contributed by atoms with E-state index in [0.29, 0.717) is 61.9 Å². The topological polar surface area (TPSA) is 108 Å². The van der Waals surface area contributed by atoms with Crippen molar-refractivity contribution >= 4 is 17.5 Å². The van der Waals surface area contributed by atoms with Crippen LogP contribution in [0, 0.1) is 0 Å². The van der Waals surface area contributed by atoms with E-state index in [4.69, 9.17) is 18.9 Å². The Balaban J connectivity index is 1.61. The normalized spacial score (nSPS) is 14.3. The largest absolute Gasteiger partial charge is 0.507 e. The molecule has 0 fully saturated rings. The fourth-order valence-corrected chi connectivity index (χ4v) is 4.53. The van der Waals surface area contributed by atoms with Crippen LogP contribution in [0.15, 0.2) is 24.3 Å². The molecular formula is C30H38O8. The fraction of sp³-hybridized carbons (Fsp3) is 0.500. The zero-order valence-corrected chi connectivity index (χ0v) is 22.8. The van der Waals surface area contributed by atoms with Gasteiger partial charge in [-0.15, -0.1) is 0 Å². The highest BCUT2D eigenvalue weighted by Crippen LogP contribution is 2.41. The third-order valence-electron chi connectivity index (χ3n) is 6.42. The minimum absolute atomic E-state index is 0.0693. The Morgan fingerprint density at radius 1 is 0.974 bits per heavy atom. The highest BCUT2D eigenvalue weighted by molar-refractivity contribution is 5.98. The molecule has 3 rings (SSSR count). The summed E-state index contributed by atoms with van der Waals surface area (Å²) in [6, 6.07) is 6.51. The van der Waals surface area contributed by atoms with Crippen LogP contribution < -0.4 is 14.2 Å². The molecule has 2 aromatic rings. The first-order chi connectivity index (χ1) is 18.3. The van der Waals surface area contributed by atoms with Gasteiger partial charge in [0.05, 0.1) is 30.9 Å². The maximum Gasteiger partial charge on any atom is 0.347 e. The van der Waals surface area contributed by atoms with E-state index < -0.39 is 6.10 Å². The Morgan fingerprint density at radius 2 is 1.68 bits per heavy atom. The van der Waals surface area contributed by atoms with Gasteiger partial charge in [-0.1, -0.05) is 13.3 Å². The molecule has 0 aliphatic carbocycles. The van der Waals surface area contributed by atoms with Crippen molar-refractivity contribution in [2.45, 2.75) is 78.7 Å². The molecule has 38 heavy (non-hydrogen) atoms. The summed E-state index contributed by atoms with van der Waals surface area (Å²) in [5.74, 6) is 0.965. The van der Waals surface area contributed by atoms with Gasteiger partial charge in [-0.25, -0.2) is 4.79 Å². The van der Waals surface area contributed by atoms with Crippen molar-refractivity contribution in [3.05, 3.63) is 46.5 Å². The summed E-state index contributed by atoms with van der Waals surface area (Å²) in [5.41, 5.74) is 2.57. The van der Waals surface area contributed by atoms with E-state index in [1.54, 1.807) is 19.1 Å². The number of hydrogen-bond acceptors (Lipinski definition) is 8. The average molecular weight is 527 g/mol. The van der Waals surface area contributed by atoms with Crippen LogP contribution in [0.1, 0.15) is 91.6 Å². The van der Waals surface area contributed by atoms with Gasteiger partial charge in [-0.2, -0.15) is 0 Å². The number of benzene rings is 2. The second-order valence-electron chi connectivity index (χ2n) is 9.42. The molecule has 0 amide bonds. The Hall–Kier alpha value is -3.55. The van der Waals surface area contributed by atoms with Gasteiger partial charge < -0.3 is 24.1 Å². The lowest BCUT2D eigenvalue weighted by Gasteiger charge is -2.29. The Kier molecular flexibility index (Phi) is 10.6. The van der Waals surface area contributed by atoms with Crippen molar-refractivity contribution in [3.63, 3.8) is 0 Å². The molecule has 0 radical (unpaired) electrons. The minimum Gasteiger partial charge on any atom is -0.507 e. The van der Waals surface area contributed by atoms with Crippen molar-refractivity contribution in [1.82, 2.24) is 0 Å². The molecule has 0 saturated carbocycles. The van der Waals surface area contributed by atoms with Crippen LogP contribution in [-0.2, 0) is 22.4 Å². The summed E-state index contributed by atoms with van der Waals surface area (Å²) in [6.45, 7) is 7.94. The molecule has 1 N–H and O–H groups in total. The number of esters is 1. The quantitative estimate of drug-likeness (QED) is 0.192. The number of Topliss-reactive ketones (excluding diaryl/α,β-unsaturated/α-hetero) is 2. The molecule has 8 nitrogen and oxygen atoms in total. The highest BCUT2D eigenvalue weighted by atomic mass is 16.6. The van der Waals surface area contributed by atoms with Crippen molar-refractivity contribution in [3.8, 4) is 23.0 Å². The van der Waals surface area contributed by atoms with Gasteiger partial charge >= 0.3 is 5.97 Å². The first-order valence-corrected chi connectivity index (χ1v) is 13.4. The molecule has 0 bridgehead atoms. The van der Waals surface area contributed by atoms with Crippen LogP contribution in [-0.4, -0.2) is 48.6 Å². The first-order valence-electron chi connectivity index (χ1n) is 13.4. The second-order valence-corrected chi connectivity index (χ2v) is 9.42. The first kappa shape index (κ1) is 29.0. The number of carbonyl (C=O) groups excluding carboxylic acids is 3. The van der Waals surface area contributed by atoms with Crippen molar-refractivity contribution in [2.75, 3.05) is 19.8 Å². The van der Waals surface area contributed by atoms with Gasteiger partial charge in [0.25, 0.3) is 0 Å². The van der Waals surface area contributed by atoms with Gasteiger partial charge in [0.1, 0.15) is 23.0 Å². The third-order valence-corrected chi connectivity index (χ3v) is 6.42. The number of phenolic OH excluding ortho intramolecular Hbond substituents is 1. The number of rotatable bonds is 14.